The number of thiocarbonyl (C=S) groups is 1. The highest BCUT2D eigenvalue weighted by Crippen LogP contribution is 2.43. The number of isothiocyanates is 1. The largest absolute Gasteiger partial charge is 0.465 e. The van der Waals surface area contributed by atoms with E-state index in [4.69, 9.17) is 83.3 Å². The number of thioether (sulfide) groups is 3. The Morgan fingerprint density at radius 3 is 0.753 bits per heavy atom. The van der Waals surface area contributed by atoms with Crippen LogP contribution in [-0.2, 0) is 129 Å². The van der Waals surface area contributed by atoms with E-state index in [9.17, 15) is 57.5 Å². The van der Waals surface area contributed by atoms with Crippen molar-refractivity contribution in [3.05, 3.63) is 0 Å². The van der Waals surface area contributed by atoms with Crippen molar-refractivity contribution in [1.29, 1.82) is 0 Å². The SMILES string of the molecule is CC(=O)OC[C@H]1S[C@H](CCCOCC(CN=C=S)(COCCC[C@H]2S[C@H](COC(C)=O)[C@@H](OC(C)=O)[C@H](OC(C)=O)[C@@H]2OC(C)=O)COCCC[C@H]2S[C@H](COC(C)=O)[C@@H](OC(C)=O)[C@H](OC(C)=O)[C@@H]2OC(C)=O)[C@@H](OC(C)=O)[C@@H](OC(C)=O)[C@@H]1OC(C)=O. The first-order valence-electron chi connectivity index (χ1n) is 28.6. The molecule has 3 aliphatic rings. The lowest BCUT2D eigenvalue weighted by molar-refractivity contribution is -0.186. The Hall–Kier alpha value is -5.63. The third-order valence-corrected chi connectivity index (χ3v) is 18.2. The lowest BCUT2D eigenvalue weighted by atomic mass is 9.91. The molecule has 0 bridgehead atoms. The van der Waals surface area contributed by atoms with Gasteiger partial charge in [0, 0.05) is 119 Å². The van der Waals surface area contributed by atoms with Crippen LogP contribution >= 0.6 is 47.5 Å². The summed E-state index contributed by atoms with van der Waals surface area (Å²) in [5, 5.41) is -1.69. The number of hydrogen-bond donors (Lipinski definition) is 0. The van der Waals surface area contributed by atoms with Crippen molar-refractivity contribution in [3.8, 4) is 0 Å². The van der Waals surface area contributed by atoms with Crippen LogP contribution < -0.4 is 0 Å². The van der Waals surface area contributed by atoms with Gasteiger partial charge in [-0.2, -0.15) is 0 Å². The molecular weight excluding hydrogens is 1260 g/mol. The molecule has 0 aliphatic carbocycles. The Labute approximate surface area is 534 Å². The van der Waals surface area contributed by atoms with Crippen LogP contribution in [0.2, 0.25) is 0 Å². The molecule has 0 aromatic carbocycles. The molecule has 3 rings (SSSR count). The molecule has 3 heterocycles. The molecule has 15 atom stereocenters. The lowest BCUT2D eigenvalue weighted by Gasteiger charge is -2.44. The fourth-order valence-electron chi connectivity index (χ4n) is 10.1. The van der Waals surface area contributed by atoms with Gasteiger partial charge >= 0.3 is 71.6 Å². The van der Waals surface area contributed by atoms with Crippen molar-refractivity contribution in [1.82, 2.24) is 0 Å². The number of aliphatic imine (C=N–C) groups is 1. The van der Waals surface area contributed by atoms with Crippen LogP contribution in [0.1, 0.15) is 122 Å². The Kier molecular flexibility index (Phi) is 34.5. The van der Waals surface area contributed by atoms with Gasteiger partial charge in [0.2, 0.25) is 0 Å². The summed E-state index contributed by atoms with van der Waals surface area (Å²) < 4.78 is 86.1. The molecule has 3 saturated heterocycles. The number of hydrogen-bond acceptors (Lipinski definition) is 32. The maximum absolute atomic E-state index is 12.6. The first-order valence-corrected chi connectivity index (χ1v) is 31.9. The second-order valence-corrected chi connectivity index (χ2v) is 25.8. The van der Waals surface area contributed by atoms with Gasteiger partial charge < -0.3 is 71.1 Å². The normalized spacial score (nSPS) is 26.4. The molecule has 0 spiro atoms. The highest BCUT2D eigenvalue weighted by atomic mass is 32.2. The fraction of sp³-hybridized carbons (Fsp3) is 0.772. The van der Waals surface area contributed by atoms with Crippen molar-refractivity contribution in [3.63, 3.8) is 0 Å². The molecule has 0 aromatic rings. The van der Waals surface area contributed by atoms with Gasteiger partial charge in [-0.3, -0.25) is 57.5 Å². The number of ether oxygens (including phenoxy) is 15. The molecule has 0 unspecified atom stereocenters. The van der Waals surface area contributed by atoms with Gasteiger partial charge in [-0.15, -0.1) is 35.3 Å². The van der Waals surface area contributed by atoms with Crippen LogP contribution in [0.15, 0.2) is 4.99 Å². The molecule has 0 radical (unpaired) electrons. The summed E-state index contributed by atoms with van der Waals surface area (Å²) in [5.74, 6) is -8.35. The van der Waals surface area contributed by atoms with E-state index in [2.05, 4.69) is 10.2 Å². The third-order valence-electron chi connectivity index (χ3n) is 13.3. The van der Waals surface area contributed by atoms with Gasteiger partial charge in [0.25, 0.3) is 0 Å². The van der Waals surface area contributed by atoms with Crippen molar-refractivity contribution in [2.24, 2.45) is 10.4 Å². The highest BCUT2D eigenvalue weighted by molar-refractivity contribution is 8.01. The van der Waals surface area contributed by atoms with Gasteiger partial charge in [-0.05, 0) is 50.7 Å². The van der Waals surface area contributed by atoms with Gasteiger partial charge in [0.1, 0.15) is 19.8 Å². The number of rotatable bonds is 35. The second-order valence-electron chi connectivity index (χ2n) is 21.2. The van der Waals surface area contributed by atoms with E-state index in [1.54, 1.807) is 0 Å². The van der Waals surface area contributed by atoms with Crippen LogP contribution in [-0.4, -0.2) is 229 Å². The molecule has 0 amide bonds. The summed E-state index contributed by atoms with van der Waals surface area (Å²) >= 11 is 8.71. The van der Waals surface area contributed by atoms with Gasteiger partial charge in [-0.1, -0.05) is 0 Å². The molecule has 89 heavy (non-hydrogen) atoms. The second kappa shape index (κ2) is 39.6. The summed E-state index contributed by atoms with van der Waals surface area (Å²) in [6.07, 6.45) is -8.97. The number of esters is 12. The van der Waals surface area contributed by atoms with E-state index in [0.29, 0.717) is 19.3 Å². The van der Waals surface area contributed by atoms with Crippen molar-refractivity contribution in [2.75, 3.05) is 66.0 Å². The van der Waals surface area contributed by atoms with Crippen LogP contribution in [0.25, 0.3) is 0 Å². The van der Waals surface area contributed by atoms with Crippen molar-refractivity contribution < 1.29 is 129 Å². The summed E-state index contributed by atoms with van der Waals surface area (Å²) in [5.41, 5.74) is -1.10. The summed E-state index contributed by atoms with van der Waals surface area (Å²) in [4.78, 5) is 152. The maximum atomic E-state index is 12.6. The van der Waals surface area contributed by atoms with E-state index in [1.807, 2.05) is 0 Å². The zero-order valence-electron chi connectivity index (χ0n) is 52.1. The van der Waals surface area contributed by atoms with E-state index in [0.717, 1.165) is 41.5 Å². The maximum Gasteiger partial charge on any atom is 0.303 e. The lowest BCUT2D eigenvalue weighted by Crippen LogP contribution is -2.58. The van der Waals surface area contributed by atoms with Crippen molar-refractivity contribution >= 4 is 124 Å². The highest BCUT2D eigenvalue weighted by Gasteiger charge is 2.54. The molecule has 0 N–H and O–H groups in total. The standard InChI is InChI=1S/C57H83NO27S4/c1-30(59)74-22-45-51(80-36(7)65)54(83-39(10)68)48(77-33(4)62)42(87-45)16-13-19-71-26-57(25-58-29-86,27-72-20-14-17-43-49(78-34(5)63)55(84-40(11)69)52(81-37(8)66)46(88-43)23-75-31(2)60)28-73-21-15-18-44-50(79-35(6)64)56(85-41(12)70)53(82-38(9)67)47(89-44)24-76-32(3)61/h42-56H,13-28H2,1-12H3/t42-,43-,44-,45-,46-,47-,48-,49-,50-,51-,52-,53-,54-,55-,56-/m1/s1. The van der Waals surface area contributed by atoms with Crippen molar-refractivity contribution in [2.45, 2.75) is 208 Å². The van der Waals surface area contributed by atoms with Crippen LogP contribution in [0, 0.1) is 5.41 Å². The molecule has 0 saturated carbocycles. The quantitative estimate of drug-likeness (QED) is 0.0284. The Balaban J connectivity index is 1.97. The molecular formula is C57H83NO27S4. The predicted molar refractivity (Wildman–Crippen MR) is 318 cm³/mol. The Bertz CT molecular complexity index is 2230. The predicted octanol–water partition coefficient (Wildman–Crippen LogP) is 3.99. The monoisotopic (exact) mass is 1340 g/mol. The minimum absolute atomic E-state index is 0.0399. The molecule has 3 aliphatic heterocycles. The summed E-state index contributed by atoms with van der Waals surface area (Å²) in [7, 11) is 0. The molecule has 502 valence electrons. The average Bonchev–Trinajstić information content (AvgIpc) is 1.95. The summed E-state index contributed by atoms with van der Waals surface area (Å²) in [6, 6.07) is 0. The van der Waals surface area contributed by atoms with E-state index < -0.39 is 163 Å². The van der Waals surface area contributed by atoms with Crippen LogP contribution in [0.4, 0.5) is 0 Å². The fourth-order valence-corrected chi connectivity index (χ4v) is 15.1. The van der Waals surface area contributed by atoms with Gasteiger partial charge in [0.15, 0.2) is 54.9 Å². The zero-order chi connectivity index (χ0) is 66.5. The molecule has 32 heteroatoms. The first kappa shape index (κ1) is 77.6. The van der Waals surface area contributed by atoms with Gasteiger partial charge in [0.05, 0.1) is 52.7 Å². The van der Waals surface area contributed by atoms with Gasteiger partial charge in [-0.25, -0.2) is 4.99 Å². The minimum atomic E-state index is -1.28. The molecule has 28 nitrogen and oxygen atoms in total. The number of carbonyl (C=O) groups is 12. The Morgan fingerprint density at radius 1 is 0.337 bits per heavy atom. The third kappa shape index (κ3) is 28.2. The topological polar surface area (TPSA) is 356 Å². The molecule has 0 aromatic heterocycles. The van der Waals surface area contributed by atoms with E-state index in [1.165, 1.54) is 76.8 Å². The first-order chi connectivity index (χ1) is 41.9. The van der Waals surface area contributed by atoms with Crippen LogP contribution in [0.3, 0.4) is 0 Å². The zero-order valence-corrected chi connectivity index (χ0v) is 55.3. The van der Waals surface area contributed by atoms with E-state index >= 15 is 0 Å². The summed E-state index contributed by atoms with van der Waals surface area (Å²) in [6.45, 7) is 13.3. The minimum Gasteiger partial charge on any atom is -0.465 e. The van der Waals surface area contributed by atoms with Crippen LogP contribution in [0.5, 0.6) is 0 Å². The smallest absolute Gasteiger partial charge is 0.303 e. The Morgan fingerprint density at radius 2 is 0.551 bits per heavy atom. The number of nitrogens with zero attached hydrogens (tertiary/aromatic N) is 1. The molecule has 3 fully saturated rings. The number of carbonyl (C=O) groups excluding carboxylic acids is 12. The average molecular weight is 1340 g/mol. The van der Waals surface area contributed by atoms with E-state index in [-0.39, 0.29) is 85.3 Å².